The number of halogens is 2. The minimum Gasteiger partial charge on any atom is -0.274 e. The first-order valence-electron chi connectivity index (χ1n) is 2.63. The zero-order valence-corrected chi connectivity index (χ0v) is 9.70. The quantitative estimate of drug-likeness (QED) is 0.834. The topological polar surface area (TPSA) is 41.7 Å². The normalized spacial score (nSPS) is 8.82. The van der Waals surface area contributed by atoms with Gasteiger partial charge in [-0.15, -0.1) is 23.6 Å². The van der Waals surface area contributed by atoms with Crippen LogP contribution in [0.15, 0.2) is 16.6 Å². The number of allylic oxidation sites excluding steroid dienone is 1. The Bertz CT molecular complexity index is 290. The van der Waals surface area contributed by atoms with Gasteiger partial charge in [0.05, 0.1) is 6.54 Å². The molecule has 62 valence electrons. The van der Waals surface area contributed by atoms with Gasteiger partial charge in [0.25, 0.3) is 0 Å². The van der Waals surface area contributed by atoms with Crippen molar-refractivity contribution in [2.45, 2.75) is 6.54 Å². The number of hydrogen-bond acceptors (Lipinski definition) is 3. The molecule has 0 aliphatic rings. The van der Waals surface area contributed by atoms with Crippen molar-refractivity contribution in [3.63, 3.8) is 0 Å². The summed E-state index contributed by atoms with van der Waals surface area (Å²) in [5.41, 5.74) is 0. The van der Waals surface area contributed by atoms with Crippen LogP contribution >= 0.6 is 44.2 Å². The van der Waals surface area contributed by atoms with Gasteiger partial charge in [0.2, 0.25) is 4.80 Å². The predicted molar refractivity (Wildman–Crippen MR) is 54.2 cm³/mol. The van der Waals surface area contributed by atoms with Gasteiger partial charge in [-0.1, -0.05) is 17.4 Å². The summed E-state index contributed by atoms with van der Waals surface area (Å²) < 4.78 is 2.31. The van der Waals surface area contributed by atoms with E-state index in [1.807, 2.05) is 0 Å². The molecule has 0 bridgehead atoms. The van der Waals surface area contributed by atoms with Gasteiger partial charge in [0.1, 0.15) is 0 Å². The third kappa shape index (κ3) is 2.88. The first-order chi connectivity index (χ1) is 4.74. The van der Waals surface area contributed by atoms with E-state index in [4.69, 9.17) is 5.41 Å². The summed E-state index contributed by atoms with van der Waals surface area (Å²) in [5, 5.41) is 11.3. The van der Waals surface area contributed by atoms with E-state index in [9.17, 15) is 0 Å². The molecule has 0 atom stereocenters. The Balaban J connectivity index is 0.000001000. The van der Waals surface area contributed by atoms with Crippen LogP contribution in [0.25, 0.3) is 0 Å². The van der Waals surface area contributed by atoms with Crippen LogP contribution in [0.3, 0.4) is 0 Å². The number of hydrogen-bond donors (Lipinski definition) is 1. The fraction of sp³-hybridized carbons (Fsp3) is 0.200. The van der Waals surface area contributed by atoms with Crippen LogP contribution in [0.2, 0.25) is 0 Å². The van der Waals surface area contributed by atoms with E-state index in [1.165, 1.54) is 11.3 Å². The van der Waals surface area contributed by atoms with Crippen LogP contribution < -0.4 is 4.80 Å². The van der Waals surface area contributed by atoms with Crippen LogP contribution in [0.1, 0.15) is 0 Å². The molecule has 0 saturated heterocycles. The maximum absolute atomic E-state index is 7.34. The Morgan fingerprint density at radius 3 is 2.82 bits per heavy atom. The highest BCUT2D eigenvalue weighted by Gasteiger charge is 1.96. The van der Waals surface area contributed by atoms with E-state index in [1.54, 1.807) is 10.8 Å². The Kier molecular flexibility index (Phi) is 4.87. The molecule has 0 saturated carbocycles. The van der Waals surface area contributed by atoms with Crippen LogP contribution in [0.4, 0.5) is 0 Å². The van der Waals surface area contributed by atoms with Crippen molar-refractivity contribution >= 4 is 44.2 Å². The summed E-state index contributed by atoms with van der Waals surface area (Å²) in [4.78, 5) is 0.437. The molecule has 11 heavy (non-hydrogen) atoms. The van der Waals surface area contributed by atoms with Gasteiger partial charge in [-0.25, -0.2) is 4.68 Å². The highest BCUT2D eigenvalue weighted by Crippen LogP contribution is 2.06. The van der Waals surface area contributed by atoms with Crippen LogP contribution in [0, 0.1) is 5.41 Å². The second kappa shape index (κ2) is 4.84. The summed E-state index contributed by atoms with van der Waals surface area (Å²) in [6.07, 6.45) is 1.71. The smallest absolute Gasteiger partial charge is 0.201 e. The summed E-state index contributed by atoms with van der Waals surface area (Å²) in [7, 11) is 0. The van der Waals surface area contributed by atoms with Crippen molar-refractivity contribution < 1.29 is 0 Å². The molecule has 0 fully saturated rings. The second-order valence-electron chi connectivity index (χ2n) is 1.63. The second-order valence-corrected chi connectivity index (χ2v) is 3.88. The molecule has 0 spiro atoms. The van der Waals surface area contributed by atoms with Gasteiger partial charge in [0, 0.05) is 0 Å². The lowest BCUT2D eigenvalue weighted by atomic mass is 10.6. The first-order valence-corrected chi connectivity index (χ1v) is 4.24. The number of nitrogens with zero attached hydrogens (tertiary/aromatic N) is 2. The lowest BCUT2D eigenvalue weighted by Crippen LogP contribution is -2.13. The number of rotatable bonds is 2. The first kappa shape index (κ1) is 11.1. The average Bonchev–Trinajstić information content (AvgIpc) is 2.13. The lowest BCUT2D eigenvalue weighted by Gasteiger charge is -1.89. The minimum atomic E-state index is 0. The fourth-order valence-electron chi connectivity index (χ4n) is 0.539. The standard InChI is InChI=1S/C5H6BrN3S.BrH/c1-2-3-9-5(7)10-4(6)8-9;/h2,7H,1,3H2;1H. The van der Waals surface area contributed by atoms with Crippen molar-refractivity contribution in [3.05, 3.63) is 21.4 Å². The molecule has 0 aromatic carbocycles. The Labute approximate surface area is 87.2 Å². The average molecular weight is 301 g/mol. The van der Waals surface area contributed by atoms with Crippen molar-refractivity contribution in [1.29, 1.82) is 5.41 Å². The largest absolute Gasteiger partial charge is 0.274 e. The Morgan fingerprint density at radius 2 is 2.45 bits per heavy atom. The highest BCUT2D eigenvalue weighted by atomic mass is 79.9. The van der Waals surface area contributed by atoms with Crippen LogP contribution in [-0.2, 0) is 6.54 Å². The highest BCUT2D eigenvalue weighted by molar-refractivity contribution is 9.11. The molecule has 0 radical (unpaired) electrons. The molecule has 0 unspecified atom stereocenters. The lowest BCUT2D eigenvalue weighted by molar-refractivity contribution is 0.658. The third-order valence-corrected chi connectivity index (χ3v) is 2.22. The van der Waals surface area contributed by atoms with Gasteiger partial charge in [-0.3, -0.25) is 5.41 Å². The SMILES string of the molecule is Br.C=CCn1nc(Br)sc1=N. The molecule has 1 rings (SSSR count). The predicted octanol–water partition coefficient (Wildman–Crippen LogP) is 1.95. The maximum Gasteiger partial charge on any atom is 0.201 e. The Hall–Kier alpha value is 0.0600. The molecule has 6 heteroatoms. The fourth-order valence-corrected chi connectivity index (χ4v) is 1.71. The van der Waals surface area contributed by atoms with Gasteiger partial charge >= 0.3 is 0 Å². The molecule has 3 nitrogen and oxygen atoms in total. The van der Waals surface area contributed by atoms with Crippen molar-refractivity contribution in [3.8, 4) is 0 Å². The van der Waals surface area contributed by atoms with Crippen molar-refractivity contribution in [2.24, 2.45) is 0 Å². The van der Waals surface area contributed by atoms with Crippen molar-refractivity contribution in [1.82, 2.24) is 9.78 Å². The van der Waals surface area contributed by atoms with E-state index in [-0.39, 0.29) is 17.0 Å². The van der Waals surface area contributed by atoms with Gasteiger partial charge in [-0.05, 0) is 15.9 Å². The van der Waals surface area contributed by atoms with E-state index in [0.717, 1.165) is 3.92 Å². The van der Waals surface area contributed by atoms with Crippen molar-refractivity contribution in [2.75, 3.05) is 0 Å². The summed E-state index contributed by atoms with van der Waals surface area (Å²) in [6, 6.07) is 0. The molecule has 1 aromatic rings. The van der Waals surface area contributed by atoms with E-state index in [2.05, 4.69) is 27.6 Å². The summed E-state index contributed by atoms with van der Waals surface area (Å²) >= 11 is 4.48. The van der Waals surface area contributed by atoms with Crippen LogP contribution in [-0.4, -0.2) is 9.78 Å². The third-order valence-electron chi connectivity index (χ3n) is 0.917. The van der Waals surface area contributed by atoms with Gasteiger partial charge < -0.3 is 0 Å². The van der Waals surface area contributed by atoms with Gasteiger partial charge in [0.15, 0.2) is 3.92 Å². The number of aromatic nitrogens is 2. The van der Waals surface area contributed by atoms with Gasteiger partial charge in [-0.2, -0.15) is 5.10 Å². The summed E-state index contributed by atoms with van der Waals surface area (Å²) in [5.74, 6) is 0. The molecule has 0 amide bonds. The van der Waals surface area contributed by atoms with E-state index < -0.39 is 0 Å². The van der Waals surface area contributed by atoms with E-state index >= 15 is 0 Å². The maximum atomic E-state index is 7.34. The molecule has 1 aromatic heterocycles. The monoisotopic (exact) mass is 299 g/mol. The summed E-state index contributed by atoms with van der Waals surface area (Å²) in [6.45, 7) is 4.15. The molecular formula is C5H7Br2N3S. The molecule has 1 N–H and O–H groups in total. The molecule has 1 heterocycles. The molecule has 0 aliphatic heterocycles. The minimum absolute atomic E-state index is 0. The van der Waals surface area contributed by atoms with Crippen LogP contribution in [0.5, 0.6) is 0 Å². The van der Waals surface area contributed by atoms with E-state index in [0.29, 0.717) is 11.3 Å². The zero-order valence-electron chi connectivity index (χ0n) is 5.58. The Morgan fingerprint density at radius 1 is 1.82 bits per heavy atom. The molecular weight excluding hydrogens is 294 g/mol. The molecule has 0 aliphatic carbocycles. The zero-order chi connectivity index (χ0) is 7.56. The number of nitrogens with one attached hydrogen (secondary N) is 1.